The normalized spacial score (nSPS) is 30.5. The topological polar surface area (TPSA) is 12.0 Å². The highest BCUT2D eigenvalue weighted by Crippen LogP contribution is 2.45. The monoisotopic (exact) mass is 169 g/mol. The van der Waals surface area contributed by atoms with Crippen molar-refractivity contribution >= 4 is 0 Å². The van der Waals surface area contributed by atoms with Crippen LogP contribution in [0.2, 0.25) is 0 Å². The van der Waals surface area contributed by atoms with Crippen LogP contribution in [0.1, 0.15) is 48.0 Å². The van der Waals surface area contributed by atoms with E-state index in [1.54, 1.807) is 0 Å². The summed E-state index contributed by atoms with van der Waals surface area (Å²) in [6.45, 7) is 13.7. The smallest absolute Gasteiger partial charge is 0.0109 e. The zero-order chi connectivity index (χ0) is 9.57. The average Bonchev–Trinajstić information content (AvgIpc) is 2.37. The van der Waals surface area contributed by atoms with Crippen LogP contribution in [-0.4, -0.2) is 11.6 Å². The zero-order valence-electron chi connectivity index (χ0n) is 9.36. The van der Waals surface area contributed by atoms with E-state index >= 15 is 0 Å². The Morgan fingerprint density at radius 3 is 1.75 bits per heavy atom. The molecule has 1 rings (SSSR count). The van der Waals surface area contributed by atoms with Gasteiger partial charge in [-0.3, -0.25) is 0 Å². The average molecular weight is 169 g/mol. The minimum Gasteiger partial charge on any atom is -0.309 e. The molecule has 1 aliphatic carbocycles. The molecule has 1 saturated carbocycles. The molecule has 0 aliphatic heterocycles. The summed E-state index contributed by atoms with van der Waals surface area (Å²) in [5, 5.41) is 3.65. The van der Waals surface area contributed by atoms with Crippen LogP contribution in [0.25, 0.3) is 0 Å². The van der Waals surface area contributed by atoms with Gasteiger partial charge in [-0.2, -0.15) is 0 Å². The third kappa shape index (κ3) is 2.78. The Bertz CT molecular complexity index is 159. The van der Waals surface area contributed by atoms with Gasteiger partial charge in [0.15, 0.2) is 0 Å². The number of hydrogen-bond donors (Lipinski definition) is 1. The summed E-state index contributed by atoms with van der Waals surface area (Å²) in [5.74, 6) is 0.886. The van der Waals surface area contributed by atoms with Gasteiger partial charge in [0.2, 0.25) is 0 Å². The van der Waals surface area contributed by atoms with E-state index in [0.717, 1.165) is 12.0 Å². The van der Waals surface area contributed by atoms with Crippen molar-refractivity contribution in [2.45, 2.75) is 59.5 Å². The molecule has 1 N–H and O–H groups in total. The summed E-state index contributed by atoms with van der Waals surface area (Å²) in [6.07, 6.45) is 1.36. The van der Waals surface area contributed by atoms with Crippen LogP contribution in [0.3, 0.4) is 0 Å². The Morgan fingerprint density at radius 2 is 1.50 bits per heavy atom. The molecule has 72 valence electrons. The fraction of sp³-hybridized carbons (Fsp3) is 1.00. The Labute approximate surface area is 76.9 Å². The summed E-state index contributed by atoms with van der Waals surface area (Å²) < 4.78 is 0. The fourth-order valence-corrected chi connectivity index (χ4v) is 1.87. The first kappa shape index (κ1) is 10.0. The summed E-state index contributed by atoms with van der Waals surface area (Å²) >= 11 is 0. The molecule has 0 saturated heterocycles. The third-order valence-corrected chi connectivity index (χ3v) is 2.52. The Balaban J connectivity index is 2.35. The second-order valence-electron chi connectivity index (χ2n) is 6.21. The summed E-state index contributed by atoms with van der Waals surface area (Å²) in [6, 6.07) is 0.769. The van der Waals surface area contributed by atoms with E-state index < -0.39 is 0 Å². The van der Waals surface area contributed by atoms with Crippen molar-refractivity contribution in [3.63, 3.8) is 0 Å². The van der Waals surface area contributed by atoms with Crippen LogP contribution >= 0.6 is 0 Å². The lowest BCUT2D eigenvalue weighted by Crippen LogP contribution is -2.39. The Kier molecular flexibility index (Phi) is 2.28. The van der Waals surface area contributed by atoms with E-state index in [2.05, 4.69) is 46.9 Å². The first-order valence-electron chi connectivity index (χ1n) is 4.98. The predicted molar refractivity (Wildman–Crippen MR) is 54.2 cm³/mol. The number of rotatable bonds is 1. The first-order chi connectivity index (χ1) is 5.20. The largest absolute Gasteiger partial charge is 0.309 e. The van der Waals surface area contributed by atoms with E-state index in [9.17, 15) is 0 Å². The summed E-state index contributed by atoms with van der Waals surface area (Å²) in [7, 11) is 0. The summed E-state index contributed by atoms with van der Waals surface area (Å²) in [4.78, 5) is 0. The van der Waals surface area contributed by atoms with E-state index in [0.29, 0.717) is 5.41 Å². The molecule has 0 aromatic rings. The minimum absolute atomic E-state index is 0.282. The second kappa shape index (κ2) is 2.73. The lowest BCUT2D eigenvalue weighted by atomic mass is 9.89. The molecule has 0 aromatic carbocycles. The molecule has 0 heterocycles. The maximum Gasteiger partial charge on any atom is 0.0109 e. The summed E-state index contributed by atoms with van der Waals surface area (Å²) in [5.41, 5.74) is 0.771. The van der Waals surface area contributed by atoms with Gasteiger partial charge in [-0.15, -0.1) is 0 Å². The van der Waals surface area contributed by atoms with E-state index in [-0.39, 0.29) is 5.54 Å². The molecule has 1 aliphatic rings. The highest BCUT2D eigenvalue weighted by atomic mass is 15.0. The van der Waals surface area contributed by atoms with Gasteiger partial charge in [0.25, 0.3) is 0 Å². The predicted octanol–water partition coefficient (Wildman–Crippen LogP) is 2.81. The third-order valence-electron chi connectivity index (χ3n) is 2.52. The molecule has 2 atom stereocenters. The van der Waals surface area contributed by atoms with Gasteiger partial charge < -0.3 is 5.32 Å². The minimum atomic E-state index is 0.282. The molecular formula is C11H23N. The maximum atomic E-state index is 3.65. The molecule has 0 aromatic heterocycles. The highest BCUT2D eigenvalue weighted by Gasteiger charge is 2.46. The van der Waals surface area contributed by atoms with Crippen molar-refractivity contribution in [1.29, 1.82) is 0 Å². The van der Waals surface area contributed by atoms with Crippen LogP contribution in [0.5, 0.6) is 0 Å². The number of hydrogen-bond acceptors (Lipinski definition) is 1. The van der Waals surface area contributed by atoms with Crippen molar-refractivity contribution in [2.75, 3.05) is 0 Å². The van der Waals surface area contributed by atoms with Gasteiger partial charge >= 0.3 is 0 Å². The SMILES string of the molecule is CC(C)(C)NC1CC1C(C)(C)C. The molecular weight excluding hydrogens is 146 g/mol. The van der Waals surface area contributed by atoms with Crippen molar-refractivity contribution in [3.8, 4) is 0 Å². The standard InChI is InChI=1S/C11H23N/c1-10(2,3)8-7-9(8)12-11(4,5)6/h8-9,12H,7H2,1-6H3. The molecule has 12 heavy (non-hydrogen) atoms. The number of nitrogens with one attached hydrogen (secondary N) is 1. The van der Waals surface area contributed by atoms with Crippen LogP contribution in [0.4, 0.5) is 0 Å². The molecule has 1 nitrogen and oxygen atoms in total. The van der Waals surface area contributed by atoms with Crippen molar-refractivity contribution in [1.82, 2.24) is 5.32 Å². The molecule has 0 spiro atoms. The Hall–Kier alpha value is -0.0400. The molecule has 1 heteroatoms. The van der Waals surface area contributed by atoms with E-state index in [4.69, 9.17) is 0 Å². The van der Waals surface area contributed by atoms with Crippen LogP contribution in [0.15, 0.2) is 0 Å². The van der Waals surface area contributed by atoms with Gasteiger partial charge in [0.05, 0.1) is 0 Å². The van der Waals surface area contributed by atoms with Gasteiger partial charge in [-0.25, -0.2) is 0 Å². The lowest BCUT2D eigenvalue weighted by molar-refractivity contribution is 0.312. The van der Waals surface area contributed by atoms with Gasteiger partial charge in [0, 0.05) is 11.6 Å². The molecule has 0 amide bonds. The van der Waals surface area contributed by atoms with Gasteiger partial charge in [-0.05, 0) is 38.5 Å². The van der Waals surface area contributed by atoms with Crippen LogP contribution in [-0.2, 0) is 0 Å². The van der Waals surface area contributed by atoms with Crippen molar-refractivity contribution in [2.24, 2.45) is 11.3 Å². The molecule has 0 radical (unpaired) electrons. The Morgan fingerprint density at radius 1 is 1.00 bits per heavy atom. The fourth-order valence-electron chi connectivity index (χ4n) is 1.87. The maximum absolute atomic E-state index is 3.65. The second-order valence-corrected chi connectivity index (χ2v) is 6.21. The van der Waals surface area contributed by atoms with Crippen LogP contribution < -0.4 is 5.32 Å². The van der Waals surface area contributed by atoms with Gasteiger partial charge in [-0.1, -0.05) is 20.8 Å². The zero-order valence-corrected chi connectivity index (χ0v) is 9.36. The van der Waals surface area contributed by atoms with Crippen molar-refractivity contribution < 1.29 is 0 Å². The lowest BCUT2D eigenvalue weighted by Gasteiger charge is -2.24. The molecule has 1 fully saturated rings. The van der Waals surface area contributed by atoms with Crippen molar-refractivity contribution in [3.05, 3.63) is 0 Å². The quantitative estimate of drug-likeness (QED) is 0.636. The van der Waals surface area contributed by atoms with E-state index in [1.165, 1.54) is 6.42 Å². The van der Waals surface area contributed by atoms with E-state index in [1.807, 2.05) is 0 Å². The first-order valence-corrected chi connectivity index (χ1v) is 4.98. The van der Waals surface area contributed by atoms with Crippen LogP contribution in [0, 0.1) is 11.3 Å². The highest BCUT2D eigenvalue weighted by molar-refractivity contribution is 5.01. The van der Waals surface area contributed by atoms with Gasteiger partial charge in [0.1, 0.15) is 0 Å². The molecule has 2 unspecified atom stereocenters. The molecule has 0 bridgehead atoms.